The van der Waals surface area contributed by atoms with Crippen molar-refractivity contribution in [1.82, 2.24) is 0 Å². The zero-order chi connectivity index (χ0) is 19.5. The predicted octanol–water partition coefficient (Wildman–Crippen LogP) is 5.95. The van der Waals surface area contributed by atoms with Crippen LogP contribution in [0, 0.1) is 0 Å². The normalized spacial score (nSPS) is 23.4. The van der Waals surface area contributed by atoms with E-state index < -0.39 is 0 Å². The molecule has 2 aliphatic carbocycles. The van der Waals surface area contributed by atoms with Crippen molar-refractivity contribution in [3.63, 3.8) is 0 Å². The van der Waals surface area contributed by atoms with Gasteiger partial charge in [-0.3, -0.25) is 0 Å². The molecule has 152 valence electrons. The van der Waals surface area contributed by atoms with E-state index in [4.69, 9.17) is 9.47 Å². The largest absolute Gasteiger partial charge is 0.508 e. The quantitative estimate of drug-likeness (QED) is 0.611. The topological polar surface area (TPSA) is 38.7 Å². The van der Waals surface area contributed by atoms with Gasteiger partial charge in [-0.1, -0.05) is 37.8 Å². The molecule has 0 bridgehead atoms. The highest BCUT2D eigenvalue weighted by Crippen LogP contribution is 2.36. The lowest BCUT2D eigenvalue weighted by atomic mass is 9.95. The molecule has 0 saturated heterocycles. The van der Waals surface area contributed by atoms with Crippen LogP contribution in [-0.4, -0.2) is 28.5 Å². The van der Waals surface area contributed by atoms with Crippen LogP contribution >= 0.6 is 0 Å². The van der Waals surface area contributed by atoms with Crippen molar-refractivity contribution in [2.75, 3.05) is 0 Å². The Labute approximate surface area is 165 Å². The summed E-state index contributed by atoms with van der Waals surface area (Å²) in [4.78, 5) is 0. The van der Waals surface area contributed by atoms with Gasteiger partial charge in [0.25, 0.3) is 0 Å². The number of aromatic hydroxyl groups is 1. The summed E-state index contributed by atoms with van der Waals surface area (Å²) in [6.07, 6.45) is 11.5. The second kappa shape index (κ2) is 8.53. The van der Waals surface area contributed by atoms with Gasteiger partial charge < -0.3 is 14.6 Å². The van der Waals surface area contributed by atoms with Crippen molar-refractivity contribution in [2.45, 2.75) is 115 Å². The average molecular weight is 375 g/mol. The van der Waals surface area contributed by atoms with E-state index in [0.29, 0.717) is 5.75 Å². The van der Waals surface area contributed by atoms with Crippen LogP contribution in [0.4, 0.5) is 0 Å². The number of phenols is 1. The monoisotopic (exact) mass is 374 g/mol. The first-order valence-corrected chi connectivity index (χ1v) is 10.9. The Morgan fingerprint density at radius 1 is 0.852 bits per heavy atom. The molecule has 3 nitrogen and oxygen atoms in total. The Bertz CT molecular complexity index is 612. The third-order valence-corrected chi connectivity index (χ3v) is 6.54. The van der Waals surface area contributed by atoms with Crippen LogP contribution in [-0.2, 0) is 22.3 Å². The predicted molar refractivity (Wildman–Crippen MR) is 110 cm³/mol. The van der Waals surface area contributed by atoms with E-state index in [1.165, 1.54) is 31.2 Å². The molecule has 0 spiro atoms. The van der Waals surface area contributed by atoms with Gasteiger partial charge in [-0.25, -0.2) is 0 Å². The molecule has 0 radical (unpaired) electrons. The van der Waals surface area contributed by atoms with Crippen LogP contribution in [0.2, 0.25) is 0 Å². The molecule has 2 fully saturated rings. The van der Waals surface area contributed by atoms with Gasteiger partial charge in [0.2, 0.25) is 0 Å². The Morgan fingerprint density at radius 2 is 1.33 bits per heavy atom. The van der Waals surface area contributed by atoms with Gasteiger partial charge in [-0.05, 0) is 77.0 Å². The van der Waals surface area contributed by atoms with Crippen LogP contribution in [0.3, 0.4) is 0 Å². The fourth-order valence-corrected chi connectivity index (χ4v) is 5.18. The Kier molecular flexibility index (Phi) is 6.53. The minimum absolute atomic E-state index is 0.0114. The highest BCUT2D eigenvalue weighted by molar-refractivity contribution is 5.40. The van der Waals surface area contributed by atoms with Gasteiger partial charge in [0.15, 0.2) is 0 Å². The molecule has 2 saturated carbocycles. The molecule has 3 rings (SSSR count). The molecular formula is C24H38O3. The summed E-state index contributed by atoms with van der Waals surface area (Å²) in [5.41, 5.74) is 2.26. The molecule has 0 amide bonds. The van der Waals surface area contributed by atoms with E-state index in [1.54, 1.807) is 6.07 Å². The summed E-state index contributed by atoms with van der Waals surface area (Å²) >= 11 is 0. The molecular weight excluding hydrogens is 336 g/mol. The van der Waals surface area contributed by atoms with Crippen LogP contribution in [0.25, 0.3) is 0 Å². The SMILES string of the molecule is CC(Cc1cccc(O)c1CC(C)OC1(C)CCCC1)OC1(C)CCCC1. The van der Waals surface area contributed by atoms with Gasteiger partial charge in [-0.2, -0.15) is 0 Å². The number of phenolic OH excluding ortho intramolecular Hbond substituents is 1. The molecule has 2 atom stereocenters. The molecule has 1 aromatic rings. The zero-order valence-corrected chi connectivity index (χ0v) is 17.7. The fraction of sp³-hybridized carbons (Fsp3) is 0.750. The van der Waals surface area contributed by atoms with Crippen molar-refractivity contribution < 1.29 is 14.6 Å². The Hall–Kier alpha value is -1.06. The van der Waals surface area contributed by atoms with Gasteiger partial charge in [-0.15, -0.1) is 0 Å². The van der Waals surface area contributed by atoms with Crippen molar-refractivity contribution in [3.05, 3.63) is 29.3 Å². The van der Waals surface area contributed by atoms with Gasteiger partial charge in [0.05, 0.1) is 23.4 Å². The summed E-state index contributed by atoms with van der Waals surface area (Å²) < 4.78 is 12.8. The van der Waals surface area contributed by atoms with E-state index in [0.717, 1.165) is 44.1 Å². The van der Waals surface area contributed by atoms with Gasteiger partial charge in [0.1, 0.15) is 5.75 Å². The molecule has 0 heterocycles. The van der Waals surface area contributed by atoms with E-state index in [1.807, 2.05) is 6.07 Å². The summed E-state index contributed by atoms with van der Waals surface area (Å²) in [5.74, 6) is 0.388. The van der Waals surface area contributed by atoms with Crippen molar-refractivity contribution in [2.24, 2.45) is 0 Å². The van der Waals surface area contributed by atoms with Crippen LogP contribution in [0.15, 0.2) is 18.2 Å². The molecule has 0 aliphatic heterocycles. The summed E-state index contributed by atoms with van der Waals surface area (Å²) in [7, 11) is 0. The minimum Gasteiger partial charge on any atom is -0.508 e. The first-order chi connectivity index (χ1) is 12.8. The summed E-state index contributed by atoms with van der Waals surface area (Å²) in [6.45, 7) is 8.79. The maximum atomic E-state index is 10.5. The van der Waals surface area contributed by atoms with E-state index in [9.17, 15) is 5.11 Å². The number of benzene rings is 1. The van der Waals surface area contributed by atoms with E-state index in [2.05, 4.69) is 33.8 Å². The molecule has 1 N–H and O–H groups in total. The molecule has 0 aromatic heterocycles. The van der Waals surface area contributed by atoms with Crippen LogP contribution < -0.4 is 0 Å². The number of rotatable bonds is 8. The number of ether oxygens (including phenoxy) is 2. The first-order valence-electron chi connectivity index (χ1n) is 10.9. The lowest BCUT2D eigenvalue weighted by molar-refractivity contribution is -0.0726. The number of hydrogen-bond donors (Lipinski definition) is 1. The maximum Gasteiger partial charge on any atom is 0.119 e. The number of hydrogen-bond acceptors (Lipinski definition) is 3. The molecule has 1 aromatic carbocycles. The zero-order valence-electron chi connectivity index (χ0n) is 17.7. The minimum atomic E-state index is 0.0114. The second-order valence-corrected chi connectivity index (χ2v) is 9.49. The van der Waals surface area contributed by atoms with Crippen molar-refractivity contribution in [3.8, 4) is 5.75 Å². The Balaban J connectivity index is 1.64. The third kappa shape index (κ3) is 5.48. The van der Waals surface area contributed by atoms with E-state index >= 15 is 0 Å². The smallest absolute Gasteiger partial charge is 0.119 e. The van der Waals surface area contributed by atoms with Crippen LogP contribution in [0.5, 0.6) is 5.75 Å². The maximum absolute atomic E-state index is 10.5. The lowest BCUT2D eigenvalue weighted by Gasteiger charge is -2.30. The first kappa shape index (κ1) is 20.7. The fourth-order valence-electron chi connectivity index (χ4n) is 5.18. The van der Waals surface area contributed by atoms with E-state index in [-0.39, 0.29) is 23.4 Å². The summed E-state index contributed by atoms with van der Waals surface area (Å²) in [5, 5.41) is 10.5. The molecule has 27 heavy (non-hydrogen) atoms. The molecule has 2 unspecified atom stereocenters. The summed E-state index contributed by atoms with van der Waals surface area (Å²) in [6, 6.07) is 5.88. The van der Waals surface area contributed by atoms with Gasteiger partial charge >= 0.3 is 0 Å². The van der Waals surface area contributed by atoms with Crippen molar-refractivity contribution >= 4 is 0 Å². The van der Waals surface area contributed by atoms with Crippen LogP contribution in [0.1, 0.15) is 90.2 Å². The highest BCUT2D eigenvalue weighted by atomic mass is 16.5. The Morgan fingerprint density at radius 3 is 1.85 bits per heavy atom. The van der Waals surface area contributed by atoms with Crippen molar-refractivity contribution in [1.29, 1.82) is 0 Å². The van der Waals surface area contributed by atoms with Gasteiger partial charge in [0, 0.05) is 6.42 Å². The highest BCUT2D eigenvalue weighted by Gasteiger charge is 2.33. The molecule has 2 aliphatic rings. The second-order valence-electron chi connectivity index (χ2n) is 9.49. The lowest BCUT2D eigenvalue weighted by Crippen LogP contribution is -2.31. The molecule has 3 heteroatoms. The average Bonchev–Trinajstić information content (AvgIpc) is 3.19. The third-order valence-electron chi connectivity index (χ3n) is 6.54. The standard InChI is InChI=1S/C24H38O3/c1-18(26-23(3)12-5-6-13-23)16-20-10-9-11-22(25)21(20)17-19(2)27-24(4)14-7-8-15-24/h9-11,18-19,25H,5-8,12-17H2,1-4H3.